The van der Waals surface area contributed by atoms with E-state index in [1.807, 2.05) is 50.2 Å². The summed E-state index contributed by atoms with van der Waals surface area (Å²) in [7, 11) is 0. The first-order valence-corrected chi connectivity index (χ1v) is 14.4. The van der Waals surface area contributed by atoms with E-state index in [1.54, 1.807) is 0 Å². The first-order valence-electron chi connectivity index (χ1n) is 14.4. The molecule has 1 spiro atoms. The molecule has 8 rings (SSSR count). The third kappa shape index (κ3) is 3.62. The van der Waals surface area contributed by atoms with Gasteiger partial charge in [0.15, 0.2) is 46.0 Å². The summed E-state index contributed by atoms with van der Waals surface area (Å²) in [5, 5.41) is 0. The molecule has 0 radical (unpaired) electrons. The molecule has 0 saturated carbocycles. The Morgan fingerprint density at radius 1 is 0.463 bits per heavy atom. The number of hydrogen-bond acceptors (Lipinski definition) is 6. The van der Waals surface area contributed by atoms with Crippen LogP contribution < -0.4 is 30.4 Å². The van der Waals surface area contributed by atoms with Gasteiger partial charge in [-0.3, -0.25) is 0 Å². The first kappa shape index (κ1) is 25.6. The van der Waals surface area contributed by atoms with E-state index in [9.17, 15) is 0 Å². The Morgan fingerprint density at radius 2 is 0.780 bits per heavy atom. The van der Waals surface area contributed by atoms with Gasteiger partial charge in [0, 0.05) is 28.9 Å². The van der Waals surface area contributed by atoms with Crippen molar-refractivity contribution in [2.75, 3.05) is 11.5 Å². The monoisotopic (exact) mass is 548 g/mol. The summed E-state index contributed by atoms with van der Waals surface area (Å²) in [6.07, 6.45) is 1.95. The number of fused-ring (bicyclic) bond motifs is 8. The zero-order valence-electron chi connectivity index (χ0n) is 24.5. The molecular formula is C35H36N2O4. The molecule has 0 fully saturated rings. The lowest BCUT2D eigenvalue weighted by atomic mass is 9.72. The van der Waals surface area contributed by atoms with Gasteiger partial charge in [0.2, 0.25) is 0 Å². The lowest BCUT2D eigenvalue weighted by molar-refractivity contribution is 0.348. The molecule has 4 aliphatic rings. The SMILES string of the molecule is CC.CC1(C)CC2(CC(C)(C)c3cc4c(cc32)Oc2ccc(N)cc2O4)c2cc3c(cc21)Oc1cc(N)ccc1O3. The van der Waals surface area contributed by atoms with Crippen molar-refractivity contribution in [2.45, 2.75) is 70.6 Å². The topological polar surface area (TPSA) is 89.0 Å². The molecule has 0 unspecified atom stereocenters. The van der Waals surface area contributed by atoms with Gasteiger partial charge in [-0.05, 0) is 94.5 Å². The number of anilines is 2. The molecule has 210 valence electrons. The maximum Gasteiger partial charge on any atom is 0.172 e. The van der Waals surface area contributed by atoms with Crippen LogP contribution in [-0.4, -0.2) is 0 Å². The van der Waals surface area contributed by atoms with Crippen molar-refractivity contribution in [1.29, 1.82) is 0 Å². The number of nitrogens with two attached hydrogens (primary N) is 2. The zero-order chi connectivity index (χ0) is 28.9. The van der Waals surface area contributed by atoms with Gasteiger partial charge < -0.3 is 30.4 Å². The molecule has 4 aromatic rings. The van der Waals surface area contributed by atoms with E-state index in [2.05, 4.69) is 52.0 Å². The van der Waals surface area contributed by atoms with Gasteiger partial charge in [-0.15, -0.1) is 0 Å². The number of rotatable bonds is 0. The fraction of sp³-hybridized carbons (Fsp3) is 0.314. The Bertz CT molecular complexity index is 1630. The van der Waals surface area contributed by atoms with Gasteiger partial charge in [-0.25, -0.2) is 0 Å². The Kier molecular flexibility index (Phi) is 5.22. The van der Waals surface area contributed by atoms with E-state index in [1.165, 1.54) is 22.3 Å². The van der Waals surface area contributed by atoms with Gasteiger partial charge in [-0.1, -0.05) is 41.5 Å². The van der Waals surface area contributed by atoms with Crippen molar-refractivity contribution < 1.29 is 18.9 Å². The van der Waals surface area contributed by atoms with Crippen LogP contribution in [0.1, 0.15) is 76.6 Å². The van der Waals surface area contributed by atoms with Crippen LogP contribution in [0, 0.1) is 0 Å². The van der Waals surface area contributed by atoms with Crippen molar-refractivity contribution in [1.82, 2.24) is 0 Å². The quantitative estimate of drug-likeness (QED) is 0.184. The third-order valence-corrected chi connectivity index (χ3v) is 8.96. The lowest BCUT2D eigenvalue weighted by Crippen LogP contribution is -2.27. The van der Waals surface area contributed by atoms with Crippen LogP contribution in [0.5, 0.6) is 46.0 Å². The summed E-state index contributed by atoms with van der Waals surface area (Å²) >= 11 is 0. The molecule has 0 amide bonds. The first-order chi connectivity index (χ1) is 19.5. The second kappa shape index (κ2) is 8.35. The third-order valence-electron chi connectivity index (χ3n) is 8.96. The van der Waals surface area contributed by atoms with Crippen LogP contribution in [0.2, 0.25) is 0 Å². The smallest absolute Gasteiger partial charge is 0.172 e. The molecule has 6 heteroatoms. The normalized spacial score (nSPS) is 18.4. The van der Waals surface area contributed by atoms with Crippen molar-refractivity contribution in [2.24, 2.45) is 0 Å². The average molecular weight is 549 g/mol. The van der Waals surface area contributed by atoms with Crippen molar-refractivity contribution in [3.8, 4) is 46.0 Å². The summed E-state index contributed by atoms with van der Waals surface area (Å²) in [6, 6.07) is 19.8. The van der Waals surface area contributed by atoms with Crippen LogP contribution in [0.25, 0.3) is 0 Å². The Balaban J connectivity index is 0.00000135. The second-order valence-electron chi connectivity index (χ2n) is 12.7. The van der Waals surface area contributed by atoms with E-state index >= 15 is 0 Å². The molecule has 0 atom stereocenters. The van der Waals surface area contributed by atoms with Crippen LogP contribution in [0.4, 0.5) is 11.4 Å². The van der Waals surface area contributed by atoms with Crippen LogP contribution in [0.15, 0.2) is 60.7 Å². The molecular weight excluding hydrogens is 512 g/mol. The van der Waals surface area contributed by atoms with E-state index in [0.717, 1.165) is 35.8 Å². The maximum atomic E-state index is 6.37. The lowest BCUT2D eigenvalue weighted by Gasteiger charge is -2.31. The molecule has 6 nitrogen and oxygen atoms in total. The molecule has 2 heterocycles. The Hall–Kier alpha value is -4.32. The molecule has 0 aromatic heterocycles. The summed E-state index contributed by atoms with van der Waals surface area (Å²) in [4.78, 5) is 0. The highest BCUT2D eigenvalue weighted by atomic mass is 16.6. The van der Waals surface area contributed by atoms with Crippen LogP contribution in [-0.2, 0) is 16.2 Å². The number of hydrogen-bond donors (Lipinski definition) is 2. The van der Waals surface area contributed by atoms with Gasteiger partial charge >= 0.3 is 0 Å². The minimum absolute atomic E-state index is 0.0706. The van der Waals surface area contributed by atoms with Gasteiger partial charge in [0.25, 0.3) is 0 Å². The zero-order valence-corrected chi connectivity index (χ0v) is 24.5. The minimum Gasteiger partial charge on any atom is -0.449 e. The highest BCUT2D eigenvalue weighted by Gasteiger charge is 2.57. The van der Waals surface area contributed by atoms with E-state index < -0.39 is 0 Å². The van der Waals surface area contributed by atoms with Gasteiger partial charge in [0.1, 0.15) is 0 Å². The van der Waals surface area contributed by atoms with Gasteiger partial charge in [-0.2, -0.15) is 0 Å². The Morgan fingerprint density at radius 3 is 1.17 bits per heavy atom. The standard InChI is InChI=1S/C33H30N2O4.C2H6/c1-31(2)15-33(21-13-29-27(11-19(21)31)38-25-9-17(34)5-7-23(25)36-29)16-32(3,4)20-12-28-30(14-22(20)33)37-24-8-6-18(35)10-26(24)39-28;1-2/h5-14H,15-16,34-35H2,1-4H3;1-2H3. The Labute approximate surface area is 241 Å². The van der Waals surface area contributed by atoms with Crippen LogP contribution >= 0.6 is 0 Å². The molecule has 0 saturated heterocycles. The van der Waals surface area contributed by atoms with E-state index in [0.29, 0.717) is 34.4 Å². The molecule has 2 aliphatic heterocycles. The summed E-state index contributed by atoms with van der Waals surface area (Å²) in [5.74, 6) is 5.57. The number of benzene rings is 4. The highest BCUT2D eigenvalue weighted by molar-refractivity contribution is 5.69. The predicted molar refractivity (Wildman–Crippen MR) is 162 cm³/mol. The van der Waals surface area contributed by atoms with Crippen LogP contribution in [0.3, 0.4) is 0 Å². The highest BCUT2D eigenvalue weighted by Crippen LogP contribution is 2.66. The largest absolute Gasteiger partial charge is 0.449 e. The molecule has 41 heavy (non-hydrogen) atoms. The van der Waals surface area contributed by atoms with Crippen molar-refractivity contribution in [3.63, 3.8) is 0 Å². The molecule has 4 aromatic carbocycles. The summed E-state index contributed by atoms with van der Waals surface area (Å²) < 4.78 is 25.4. The van der Waals surface area contributed by atoms with E-state index in [4.69, 9.17) is 30.4 Å². The second-order valence-corrected chi connectivity index (χ2v) is 12.7. The number of nitrogen functional groups attached to an aromatic ring is 2. The predicted octanol–water partition coefficient (Wildman–Crippen LogP) is 9.32. The van der Waals surface area contributed by atoms with Crippen molar-refractivity contribution >= 4 is 11.4 Å². The van der Waals surface area contributed by atoms with Gasteiger partial charge in [0.05, 0.1) is 0 Å². The van der Waals surface area contributed by atoms with Crippen molar-refractivity contribution in [3.05, 3.63) is 82.9 Å². The molecule has 4 N–H and O–H groups in total. The fourth-order valence-corrected chi connectivity index (χ4v) is 7.49. The fourth-order valence-electron chi connectivity index (χ4n) is 7.49. The summed E-state index contributed by atoms with van der Waals surface area (Å²) in [6.45, 7) is 13.3. The minimum atomic E-state index is -0.197. The van der Waals surface area contributed by atoms with E-state index in [-0.39, 0.29) is 16.2 Å². The molecule has 0 bridgehead atoms. The number of ether oxygens (including phenoxy) is 4. The average Bonchev–Trinajstić information content (AvgIpc) is 3.28. The summed E-state index contributed by atoms with van der Waals surface area (Å²) in [5.41, 5.74) is 18.1. The maximum absolute atomic E-state index is 6.37. The molecule has 2 aliphatic carbocycles.